The van der Waals surface area contributed by atoms with E-state index in [2.05, 4.69) is 10.1 Å². The highest BCUT2D eigenvalue weighted by Crippen LogP contribution is 2.27. The van der Waals surface area contributed by atoms with Gasteiger partial charge in [-0.15, -0.1) is 0 Å². The van der Waals surface area contributed by atoms with Crippen molar-refractivity contribution in [3.05, 3.63) is 65.4 Å². The molecule has 118 valence electrons. The van der Waals surface area contributed by atoms with E-state index in [0.717, 1.165) is 5.56 Å². The monoisotopic (exact) mass is 321 g/mol. The van der Waals surface area contributed by atoms with Gasteiger partial charge in [0.1, 0.15) is 5.82 Å². The second-order valence-corrected chi connectivity index (χ2v) is 5.22. The molecule has 6 nitrogen and oxygen atoms in total. The minimum Gasteiger partial charge on any atom is -0.366 e. The van der Waals surface area contributed by atoms with E-state index < -0.39 is 11.7 Å². The first-order valence-electron chi connectivity index (χ1n) is 7.01. The number of carbonyl (C=O) groups excluding carboxylic acids is 1. The number of pyridine rings is 1. The van der Waals surface area contributed by atoms with Gasteiger partial charge in [0.05, 0.1) is 23.4 Å². The highest BCUT2D eigenvalue weighted by atomic mass is 19.1. The average Bonchev–Trinajstić information content (AvgIpc) is 3.05. The Morgan fingerprint density at radius 1 is 1.29 bits per heavy atom. The van der Waals surface area contributed by atoms with Crippen LogP contribution in [0.25, 0.3) is 16.9 Å². The molecule has 0 atom stereocenters. The standard InChI is InChI=1S/C17H12FN5O/c1-10-2-3-13(15(18)4-10)14-8-21-16(5-11(14)6-19)23-9-12(7-22-23)17(20)24/h2-5,7-9H,1H3,(H2,20,24). The summed E-state index contributed by atoms with van der Waals surface area (Å²) in [5, 5.41) is 13.4. The molecule has 2 aromatic heterocycles. The highest BCUT2D eigenvalue weighted by molar-refractivity contribution is 5.92. The molecule has 7 heteroatoms. The van der Waals surface area contributed by atoms with Crippen LogP contribution in [0.3, 0.4) is 0 Å². The first-order valence-corrected chi connectivity index (χ1v) is 7.01. The first-order chi connectivity index (χ1) is 11.5. The van der Waals surface area contributed by atoms with Gasteiger partial charge in [-0.3, -0.25) is 4.79 Å². The molecule has 2 heterocycles. The molecule has 0 aliphatic heterocycles. The SMILES string of the molecule is Cc1ccc(-c2cnc(-n3cc(C(N)=O)cn3)cc2C#N)c(F)c1. The number of primary amides is 1. The number of benzene rings is 1. The molecule has 0 unspecified atom stereocenters. The van der Waals surface area contributed by atoms with E-state index in [1.54, 1.807) is 19.1 Å². The van der Waals surface area contributed by atoms with E-state index in [1.165, 1.54) is 35.4 Å². The maximum absolute atomic E-state index is 14.2. The van der Waals surface area contributed by atoms with Crippen LogP contribution in [0.5, 0.6) is 0 Å². The molecule has 0 saturated carbocycles. The van der Waals surface area contributed by atoms with E-state index >= 15 is 0 Å². The number of nitrogens with two attached hydrogens (primary N) is 1. The maximum atomic E-state index is 14.2. The molecule has 2 N–H and O–H groups in total. The molecule has 24 heavy (non-hydrogen) atoms. The van der Waals surface area contributed by atoms with Crippen molar-refractivity contribution in [3.8, 4) is 23.0 Å². The Kier molecular flexibility index (Phi) is 3.80. The van der Waals surface area contributed by atoms with Crippen molar-refractivity contribution < 1.29 is 9.18 Å². The predicted octanol–water partition coefficient (Wildman–Crippen LogP) is 2.35. The van der Waals surface area contributed by atoms with Crippen LogP contribution in [0, 0.1) is 24.1 Å². The van der Waals surface area contributed by atoms with Crippen LogP contribution < -0.4 is 5.73 Å². The lowest BCUT2D eigenvalue weighted by atomic mass is 10.0. The lowest BCUT2D eigenvalue weighted by Gasteiger charge is -2.08. The van der Waals surface area contributed by atoms with Crippen LogP contribution >= 0.6 is 0 Å². The van der Waals surface area contributed by atoms with Gasteiger partial charge in [-0.25, -0.2) is 14.1 Å². The summed E-state index contributed by atoms with van der Waals surface area (Å²) in [6, 6.07) is 8.29. The van der Waals surface area contributed by atoms with Gasteiger partial charge in [0.15, 0.2) is 5.82 Å². The third-order valence-electron chi connectivity index (χ3n) is 3.53. The van der Waals surface area contributed by atoms with Crippen LogP contribution in [0.2, 0.25) is 0 Å². The largest absolute Gasteiger partial charge is 0.366 e. The number of hydrogen-bond donors (Lipinski definition) is 1. The molecule has 0 bridgehead atoms. The first kappa shape index (κ1) is 15.4. The number of rotatable bonds is 3. The third kappa shape index (κ3) is 2.73. The van der Waals surface area contributed by atoms with Crippen LogP contribution in [0.1, 0.15) is 21.5 Å². The summed E-state index contributed by atoms with van der Waals surface area (Å²) >= 11 is 0. The Bertz CT molecular complexity index is 987. The number of hydrogen-bond acceptors (Lipinski definition) is 4. The number of nitriles is 1. The van der Waals surface area contributed by atoms with Crippen molar-refractivity contribution in [1.29, 1.82) is 5.26 Å². The molecule has 0 fully saturated rings. The van der Waals surface area contributed by atoms with Crippen molar-refractivity contribution in [2.75, 3.05) is 0 Å². The number of halogens is 1. The Balaban J connectivity index is 2.08. The second-order valence-electron chi connectivity index (χ2n) is 5.22. The molecule has 0 aliphatic rings. The number of amides is 1. The topological polar surface area (TPSA) is 97.6 Å². The zero-order valence-electron chi connectivity index (χ0n) is 12.7. The second kappa shape index (κ2) is 5.93. The Hall–Kier alpha value is -3.53. The number of aryl methyl sites for hydroxylation is 1. The Morgan fingerprint density at radius 2 is 2.08 bits per heavy atom. The molecule has 1 amide bonds. The van der Waals surface area contributed by atoms with Crippen molar-refractivity contribution in [3.63, 3.8) is 0 Å². The van der Waals surface area contributed by atoms with Gasteiger partial charge in [-0.1, -0.05) is 12.1 Å². The van der Waals surface area contributed by atoms with Crippen LogP contribution in [-0.4, -0.2) is 20.7 Å². The van der Waals surface area contributed by atoms with Gasteiger partial charge in [0, 0.05) is 29.6 Å². The number of nitrogens with zero attached hydrogens (tertiary/aromatic N) is 4. The highest BCUT2D eigenvalue weighted by Gasteiger charge is 2.13. The van der Waals surface area contributed by atoms with Crippen LogP contribution in [0.15, 0.2) is 42.9 Å². The Labute approximate surface area is 137 Å². The predicted molar refractivity (Wildman–Crippen MR) is 84.7 cm³/mol. The van der Waals surface area contributed by atoms with Gasteiger partial charge in [-0.2, -0.15) is 10.4 Å². The molecule has 3 aromatic rings. The summed E-state index contributed by atoms with van der Waals surface area (Å²) in [6.07, 6.45) is 4.13. The minimum absolute atomic E-state index is 0.226. The van der Waals surface area contributed by atoms with Gasteiger partial charge >= 0.3 is 0 Å². The van der Waals surface area contributed by atoms with E-state index in [-0.39, 0.29) is 11.1 Å². The zero-order valence-corrected chi connectivity index (χ0v) is 12.7. The number of aromatic nitrogens is 3. The average molecular weight is 321 g/mol. The summed E-state index contributed by atoms with van der Waals surface area (Å²) in [5.74, 6) is -0.702. The molecular formula is C17H12FN5O. The van der Waals surface area contributed by atoms with E-state index in [1.807, 2.05) is 6.07 Å². The molecule has 3 rings (SSSR count). The molecular weight excluding hydrogens is 309 g/mol. The van der Waals surface area contributed by atoms with Gasteiger partial charge in [0.2, 0.25) is 0 Å². The third-order valence-corrected chi connectivity index (χ3v) is 3.53. The van der Waals surface area contributed by atoms with E-state index in [9.17, 15) is 14.4 Å². The molecule has 0 saturated heterocycles. The smallest absolute Gasteiger partial charge is 0.251 e. The van der Waals surface area contributed by atoms with E-state index in [4.69, 9.17) is 5.73 Å². The van der Waals surface area contributed by atoms with Crippen molar-refractivity contribution in [2.45, 2.75) is 6.92 Å². The molecule has 0 aliphatic carbocycles. The summed E-state index contributed by atoms with van der Waals surface area (Å²) < 4.78 is 15.5. The zero-order chi connectivity index (χ0) is 17.3. The fourth-order valence-corrected chi connectivity index (χ4v) is 2.29. The summed E-state index contributed by atoms with van der Waals surface area (Å²) in [6.45, 7) is 1.79. The fourth-order valence-electron chi connectivity index (χ4n) is 2.29. The normalized spacial score (nSPS) is 10.4. The summed E-state index contributed by atoms with van der Waals surface area (Å²) in [7, 11) is 0. The Morgan fingerprint density at radius 3 is 2.71 bits per heavy atom. The quantitative estimate of drug-likeness (QED) is 0.800. The van der Waals surface area contributed by atoms with Crippen molar-refractivity contribution in [2.24, 2.45) is 5.73 Å². The van der Waals surface area contributed by atoms with Gasteiger partial charge in [-0.05, 0) is 18.6 Å². The molecule has 0 spiro atoms. The van der Waals surface area contributed by atoms with Gasteiger partial charge in [0.25, 0.3) is 5.91 Å². The van der Waals surface area contributed by atoms with E-state index in [0.29, 0.717) is 16.9 Å². The molecule has 1 aromatic carbocycles. The minimum atomic E-state index is -0.611. The van der Waals surface area contributed by atoms with Crippen LogP contribution in [0.4, 0.5) is 4.39 Å². The molecule has 0 radical (unpaired) electrons. The fraction of sp³-hybridized carbons (Fsp3) is 0.0588. The van der Waals surface area contributed by atoms with Crippen molar-refractivity contribution in [1.82, 2.24) is 14.8 Å². The van der Waals surface area contributed by atoms with Crippen molar-refractivity contribution >= 4 is 5.91 Å². The van der Waals surface area contributed by atoms with Gasteiger partial charge < -0.3 is 5.73 Å². The maximum Gasteiger partial charge on any atom is 0.251 e. The number of carbonyl (C=O) groups is 1. The summed E-state index contributed by atoms with van der Waals surface area (Å²) in [4.78, 5) is 15.3. The summed E-state index contributed by atoms with van der Waals surface area (Å²) in [5.41, 5.74) is 7.14. The lowest BCUT2D eigenvalue weighted by Crippen LogP contribution is -2.09. The van der Waals surface area contributed by atoms with Crippen LogP contribution in [-0.2, 0) is 0 Å². The lowest BCUT2D eigenvalue weighted by molar-refractivity contribution is 0.100.